The Balaban J connectivity index is 1.74. The Morgan fingerprint density at radius 1 is 0.778 bits per heavy atom. The summed E-state index contributed by atoms with van der Waals surface area (Å²) in [7, 11) is 2.68. The average Bonchev–Trinajstić information content (AvgIpc) is 3.31. The maximum Gasteiger partial charge on any atom is 0.337 e. The van der Waals surface area contributed by atoms with E-state index in [4.69, 9.17) is 14.5 Å². The van der Waals surface area contributed by atoms with Crippen molar-refractivity contribution in [1.82, 2.24) is 9.38 Å². The SMILES string of the molecule is COC(=O)c1ccc(/C=c2/s/c(=C/c3ccc(C(=O)OC)cc3)c3nc4ccccc4n3c2=O)cc1. The van der Waals surface area contributed by atoms with Gasteiger partial charge >= 0.3 is 11.9 Å². The van der Waals surface area contributed by atoms with Gasteiger partial charge in [0, 0.05) is 0 Å². The largest absolute Gasteiger partial charge is 0.465 e. The predicted octanol–water partition coefficient (Wildman–Crippen LogP) is 3.14. The highest BCUT2D eigenvalue weighted by Gasteiger charge is 2.11. The fraction of sp³-hybridized carbons (Fsp3) is 0.0714. The zero-order valence-corrected chi connectivity index (χ0v) is 20.2. The van der Waals surface area contributed by atoms with Crippen LogP contribution in [-0.4, -0.2) is 35.5 Å². The second kappa shape index (κ2) is 9.59. The van der Waals surface area contributed by atoms with Crippen LogP contribution in [-0.2, 0) is 9.47 Å². The molecule has 0 aliphatic rings. The molecule has 0 bridgehead atoms. The van der Waals surface area contributed by atoms with E-state index >= 15 is 0 Å². The Kier molecular flexibility index (Phi) is 6.18. The lowest BCUT2D eigenvalue weighted by molar-refractivity contribution is 0.0592. The Hall–Kier alpha value is -4.56. The van der Waals surface area contributed by atoms with Gasteiger partial charge in [-0.1, -0.05) is 36.4 Å². The lowest BCUT2D eigenvalue weighted by Crippen LogP contribution is -2.32. The number of rotatable bonds is 4. The van der Waals surface area contributed by atoms with Crippen molar-refractivity contribution in [2.45, 2.75) is 0 Å². The third-order valence-corrected chi connectivity index (χ3v) is 6.71. The molecule has 0 amide bonds. The molecule has 0 radical (unpaired) electrons. The second-order valence-corrected chi connectivity index (χ2v) is 8.99. The smallest absolute Gasteiger partial charge is 0.337 e. The number of imidazole rings is 1. The summed E-state index contributed by atoms with van der Waals surface area (Å²) in [6.45, 7) is 0. The van der Waals surface area contributed by atoms with Crippen LogP contribution in [0.15, 0.2) is 77.6 Å². The highest BCUT2D eigenvalue weighted by molar-refractivity contribution is 7.07. The molecule has 3 aromatic carbocycles. The molecule has 5 aromatic rings. The van der Waals surface area contributed by atoms with Crippen LogP contribution < -0.4 is 14.6 Å². The second-order valence-electron chi connectivity index (χ2n) is 7.91. The number of fused-ring (bicyclic) bond motifs is 3. The molecule has 0 aliphatic carbocycles. The van der Waals surface area contributed by atoms with Gasteiger partial charge in [0.25, 0.3) is 5.56 Å². The number of benzene rings is 3. The Morgan fingerprint density at radius 2 is 1.31 bits per heavy atom. The zero-order chi connectivity index (χ0) is 25.2. The van der Waals surface area contributed by atoms with Crippen molar-refractivity contribution >= 4 is 52.1 Å². The van der Waals surface area contributed by atoms with Crippen LogP contribution in [0.4, 0.5) is 0 Å². The number of esters is 2. The first-order chi connectivity index (χ1) is 17.5. The summed E-state index contributed by atoms with van der Waals surface area (Å²) in [5.41, 5.74) is 4.32. The van der Waals surface area contributed by atoms with E-state index in [-0.39, 0.29) is 5.56 Å². The fourth-order valence-electron chi connectivity index (χ4n) is 3.87. The van der Waals surface area contributed by atoms with Crippen LogP contribution in [0.3, 0.4) is 0 Å². The van der Waals surface area contributed by atoms with Crippen molar-refractivity contribution in [1.29, 1.82) is 0 Å². The number of carbonyl (C=O) groups excluding carboxylic acids is 2. The number of ether oxygens (including phenoxy) is 2. The number of aromatic nitrogens is 2. The zero-order valence-electron chi connectivity index (χ0n) is 19.4. The monoisotopic (exact) mass is 496 g/mol. The molecule has 0 unspecified atom stereocenters. The van der Waals surface area contributed by atoms with Gasteiger partial charge in [-0.2, -0.15) is 0 Å². The van der Waals surface area contributed by atoms with Crippen LogP contribution >= 0.6 is 11.3 Å². The van der Waals surface area contributed by atoms with Crippen LogP contribution in [0.25, 0.3) is 28.8 Å². The number of para-hydroxylation sites is 2. The number of hydrogen-bond donors (Lipinski definition) is 0. The van der Waals surface area contributed by atoms with E-state index in [1.165, 1.54) is 25.6 Å². The molecule has 0 atom stereocenters. The molecule has 8 heteroatoms. The van der Waals surface area contributed by atoms with E-state index in [0.29, 0.717) is 21.3 Å². The number of nitrogens with zero attached hydrogens (tertiary/aromatic N) is 2. The number of carbonyl (C=O) groups is 2. The summed E-state index contributed by atoms with van der Waals surface area (Å²) in [6.07, 6.45) is 3.73. The lowest BCUT2D eigenvalue weighted by Gasteiger charge is -2.01. The quantitative estimate of drug-likeness (QED) is 0.356. The molecule has 0 N–H and O–H groups in total. The van der Waals surface area contributed by atoms with E-state index in [0.717, 1.165) is 26.7 Å². The molecule has 2 aromatic heterocycles. The van der Waals surface area contributed by atoms with Gasteiger partial charge < -0.3 is 9.47 Å². The van der Waals surface area contributed by atoms with Crippen molar-refractivity contribution in [3.8, 4) is 0 Å². The van der Waals surface area contributed by atoms with E-state index in [1.807, 2.05) is 42.5 Å². The Labute approximate surface area is 209 Å². The molecule has 36 heavy (non-hydrogen) atoms. The highest BCUT2D eigenvalue weighted by atomic mass is 32.1. The van der Waals surface area contributed by atoms with Gasteiger partial charge in [-0.25, -0.2) is 14.6 Å². The molecule has 178 valence electrons. The molecule has 0 spiro atoms. The van der Waals surface area contributed by atoms with Crippen molar-refractivity contribution < 1.29 is 19.1 Å². The third kappa shape index (κ3) is 4.30. The molecule has 0 aliphatic heterocycles. The molecule has 2 heterocycles. The normalized spacial score (nSPS) is 12.3. The summed E-state index contributed by atoms with van der Waals surface area (Å²) in [5, 5.41) is 0. The van der Waals surface area contributed by atoms with Crippen LogP contribution in [0.2, 0.25) is 0 Å². The van der Waals surface area contributed by atoms with Gasteiger partial charge in [0.1, 0.15) is 0 Å². The van der Waals surface area contributed by atoms with Crippen molar-refractivity contribution in [3.05, 3.63) is 114 Å². The van der Waals surface area contributed by atoms with Crippen molar-refractivity contribution in [2.75, 3.05) is 14.2 Å². The summed E-state index contributed by atoms with van der Waals surface area (Å²) in [6, 6.07) is 21.4. The van der Waals surface area contributed by atoms with Crippen LogP contribution in [0.5, 0.6) is 0 Å². The highest BCUT2D eigenvalue weighted by Crippen LogP contribution is 2.13. The molecule has 7 nitrogen and oxygen atoms in total. The standard InChI is InChI=1S/C28H20N2O5S/c1-34-27(32)19-11-7-17(8-12-19)15-23-25-29-21-5-3-4-6-22(21)30(25)26(31)24(36-23)16-18-9-13-20(14-10-18)28(33)35-2/h3-16H,1-2H3/b23-15+,24-16+. The summed E-state index contributed by atoms with van der Waals surface area (Å²) < 4.78 is 12.4. The predicted molar refractivity (Wildman–Crippen MR) is 139 cm³/mol. The fourth-order valence-corrected chi connectivity index (χ4v) is 4.90. The molecular formula is C28H20N2O5S. The Bertz CT molecular complexity index is 1800. The van der Waals surface area contributed by atoms with E-state index in [1.54, 1.807) is 46.9 Å². The molecule has 5 rings (SSSR count). The number of methoxy groups -OCH3 is 2. The maximum atomic E-state index is 13.5. The van der Waals surface area contributed by atoms with E-state index in [9.17, 15) is 14.4 Å². The molecule has 0 saturated carbocycles. The molecule has 0 fully saturated rings. The minimum atomic E-state index is -0.421. The van der Waals surface area contributed by atoms with Gasteiger partial charge in [-0.3, -0.25) is 9.20 Å². The van der Waals surface area contributed by atoms with E-state index < -0.39 is 11.9 Å². The average molecular weight is 497 g/mol. The van der Waals surface area contributed by atoms with Gasteiger partial charge in [0.15, 0.2) is 5.65 Å². The minimum absolute atomic E-state index is 0.182. The van der Waals surface area contributed by atoms with E-state index in [2.05, 4.69) is 0 Å². The first kappa shape index (κ1) is 23.2. The third-order valence-electron chi connectivity index (χ3n) is 5.67. The van der Waals surface area contributed by atoms with Gasteiger partial charge in [0.05, 0.1) is 45.4 Å². The van der Waals surface area contributed by atoms with Crippen molar-refractivity contribution in [3.63, 3.8) is 0 Å². The topological polar surface area (TPSA) is 87.0 Å². The first-order valence-corrected chi connectivity index (χ1v) is 11.8. The molecular weight excluding hydrogens is 476 g/mol. The van der Waals surface area contributed by atoms with Gasteiger partial charge in [-0.15, -0.1) is 11.3 Å². The van der Waals surface area contributed by atoms with Gasteiger partial charge in [0.2, 0.25) is 0 Å². The number of hydrogen-bond acceptors (Lipinski definition) is 7. The minimum Gasteiger partial charge on any atom is -0.465 e. The van der Waals surface area contributed by atoms with Crippen LogP contribution in [0, 0.1) is 0 Å². The molecule has 0 saturated heterocycles. The summed E-state index contributed by atoms with van der Waals surface area (Å²) in [5.74, 6) is -0.827. The Morgan fingerprint density at radius 3 is 1.86 bits per heavy atom. The van der Waals surface area contributed by atoms with Crippen molar-refractivity contribution in [2.24, 2.45) is 0 Å². The summed E-state index contributed by atoms with van der Waals surface area (Å²) >= 11 is 1.32. The van der Waals surface area contributed by atoms with Gasteiger partial charge in [-0.05, 0) is 59.7 Å². The summed E-state index contributed by atoms with van der Waals surface area (Å²) in [4.78, 5) is 41.8. The van der Waals surface area contributed by atoms with Crippen LogP contribution in [0.1, 0.15) is 31.8 Å². The maximum absolute atomic E-state index is 13.5. The first-order valence-electron chi connectivity index (χ1n) is 11.0. The lowest BCUT2D eigenvalue weighted by atomic mass is 10.1.